The van der Waals surface area contributed by atoms with Crippen LogP contribution < -0.4 is 10.1 Å². The number of Topliss-reactive ketones (excluding diaryl/α,β-unsaturated/α-hetero) is 1. The third-order valence-electron chi connectivity index (χ3n) is 3.03. The van der Waals surface area contributed by atoms with Gasteiger partial charge in [-0.1, -0.05) is 11.6 Å². The number of nitrogens with zero attached hydrogens (tertiary/aromatic N) is 1. The highest BCUT2D eigenvalue weighted by molar-refractivity contribution is 7.13. The maximum absolute atomic E-state index is 12.4. The van der Waals surface area contributed by atoms with Gasteiger partial charge in [-0.25, -0.2) is 9.78 Å². The molecule has 0 bridgehead atoms. The highest BCUT2D eigenvalue weighted by atomic mass is 35.5. The Morgan fingerprint density at radius 3 is 3.14 bits per heavy atom. The van der Waals surface area contributed by atoms with Crippen LogP contribution in [-0.4, -0.2) is 29.6 Å². The van der Waals surface area contributed by atoms with E-state index in [0.717, 1.165) is 0 Å². The summed E-state index contributed by atoms with van der Waals surface area (Å²) in [5.41, 5.74) is 0.356. The lowest BCUT2D eigenvalue weighted by molar-refractivity contribution is 0.0638. The number of carbonyl (C=O) groups excluding carboxylic acids is 2. The van der Waals surface area contributed by atoms with Crippen LogP contribution in [0.3, 0.4) is 0 Å². The van der Waals surface area contributed by atoms with Crippen molar-refractivity contribution in [2.75, 3.05) is 11.9 Å². The molecule has 0 radical (unpaired) electrons. The minimum absolute atomic E-state index is 0.258. The maximum atomic E-state index is 12.4. The summed E-state index contributed by atoms with van der Waals surface area (Å²) in [6.07, 6.45) is 0.217. The molecular weight excluding hydrogens is 328 g/mol. The van der Waals surface area contributed by atoms with Gasteiger partial charge in [-0.15, -0.1) is 11.3 Å². The van der Waals surface area contributed by atoms with Crippen LogP contribution in [0.25, 0.3) is 0 Å². The normalized spacial score (nSPS) is 17.1. The van der Waals surface area contributed by atoms with E-state index in [1.54, 1.807) is 29.8 Å². The molecule has 0 fully saturated rings. The Labute approximate surface area is 135 Å². The second-order valence-electron chi connectivity index (χ2n) is 4.50. The van der Waals surface area contributed by atoms with Gasteiger partial charge in [0, 0.05) is 23.0 Å². The number of ketones is 1. The number of halogens is 1. The monoisotopic (exact) mass is 338 g/mol. The summed E-state index contributed by atoms with van der Waals surface area (Å²) in [5.74, 6) is 0.0994. The van der Waals surface area contributed by atoms with Gasteiger partial charge < -0.3 is 9.47 Å². The molecule has 2 heterocycles. The van der Waals surface area contributed by atoms with Gasteiger partial charge in [-0.2, -0.15) is 0 Å². The van der Waals surface area contributed by atoms with Gasteiger partial charge in [0.1, 0.15) is 5.75 Å². The van der Waals surface area contributed by atoms with Crippen molar-refractivity contribution in [2.45, 2.75) is 12.5 Å². The Hall–Kier alpha value is -2.12. The molecule has 114 valence electrons. The van der Waals surface area contributed by atoms with Gasteiger partial charge in [-0.05, 0) is 18.2 Å². The highest BCUT2D eigenvalue weighted by Gasteiger charge is 2.29. The number of benzene rings is 1. The van der Waals surface area contributed by atoms with Gasteiger partial charge >= 0.3 is 6.09 Å². The maximum Gasteiger partial charge on any atom is 0.414 e. The van der Waals surface area contributed by atoms with Crippen molar-refractivity contribution in [1.29, 1.82) is 0 Å². The summed E-state index contributed by atoms with van der Waals surface area (Å²) in [4.78, 5) is 28.2. The smallest absolute Gasteiger partial charge is 0.414 e. The van der Waals surface area contributed by atoms with Crippen LogP contribution in [0.15, 0.2) is 29.8 Å². The van der Waals surface area contributed by atoms with E-state index in [1.165, 1.54) is 11.3 Å². The van der Waals surface area contributed by atoms with E-state index in [0.29, 0.717) is 21.5 Å². The van der Waals surface area contributed by atoms with Crippen molar-refractivity contribution in [3.63, 3.8) is 0 Å². The zero-order valence-electron chi connectivity index (χ0n) is 11.2. The van der Waals surface area contributed by atoms with Crippen LogP contribution in [-0.2, 0) is 4.74 Å². The molecule has 1 atom stereocenters. The van der Waals surface area contributed by atoms with Crippen LogP contribution in [0.2, 0.25) is 5.02 Å². The number of hydrogen-bond acceptors (Lipinski definition) is 6. The first-order chi connectivity index (χ1) is 10.6. The van der Waals surface area contributed by atoms with E-state index in [2.05, 4.69) is 10.3 Å². The quantitative estimate of drug-likeness (QED) is 0.908. The molecule has 1 aromatic heterocycles. The Balaban J connectivity index is 1.73. The average molecular weight is 339 g/mol. The number of carbonyl (C=O) groups is 2. The van der Waals surface area contributed by atoms with Crippen LogP contribution in [0, 0.1) is 0 Å². The van der Waals surface area contributed by atoms with Gasteiger partial charge in [0.25, 0.3) is 0 Å². The molecule has 0 saturated carbocycles. The molecule has 0 aliphatic carbocycles. The fourth-order valence-corrected chi connectivity index (χ4v) is 2.72. The second kappa shape index (κ2) is 6.33. The van der Waals surface area contributed by atoms with Crippen molar-refractivity contribution in [3.05, 3.63) is 40.4 Å². The molecule has 1 aliphatic heterocycles. The molecule has 0 spiro atoms. The molecule has 1 amide bonds. The van der Waals surface area contributed by atoms with Gasteiger partial charge in [0.05, 0.1) is 12.2 Å². The summed E-state index contributed by atoms with van der Waals surface area (Å²) in [6.45, 7) is 0.258. The van der Waals surface area contributed by atoms with Crippen LogP contribution in [0.5, 0.6) is 5.75 Å². The molecular formula is C14H11ClN2O4S. The molecule has 8 heteroatoms. The number of fused-ring (bicyclic) bond motifs is 1. The minimum atomic E-state index is -0.901. The Kier molecular flexibility index (Phi) is 4.26. The molecule has 0 saturated heterocycles. The van der Waals surface area contributed by atoms with E-state index in [-0.39, 0.29) is 18.8 Å². The van der Waals surface area contributed by atoms with Gasteiger partial charge in [0.15, 0.2) is 11.2 Å². The molecule has 6 nitrogen and oxygen atoms in total. The van der Waals surface area contributed by atoms with E-state index in [1.807, 2.05) is 0 Å². The van der Waals surface area contributed by atoms with E-state index in [4.69, 9.17) is 21.1 Å². The van der Waals surface area contributed by atoms with Crippen molar-refractivity contribution < 1.29 is 19.1 Å². The first kappa shape index (κ1) is 14.8. The lowest BCUT2D eigenvalue weighted by Crippen LogP contribution is -2.29. The number of rotatable bonds is 2. The lowest BCUT2D eigenvalue weighted by atomic mass is 10.0. The number of thiazole rings is 1. The summed E-state index contributed by atoms with van der Waals surface area (Å²) in [5, 5.41) is 5.09. The molecule has 22 heavy (non-hydrogen) atoms. The fraction of sp³-hybridized carbons (Fsp3) is 0.214. The number of anilines is 1. The topological polar surface area (TPSA) is 77.5 Å². The van der Waals surface area contributed by atoms with Crippen molar-refractivity contribution in [1.82, 2.24) is 4.98 Å². The van der Waals surface area contributed by atoms with E-state index < -0.39 is 12.2 Å². The molecule has 2 aromatic rings. The van der Waals surface area contributed by atoms with E-state index in [9.17, 15) is 9.59 Å². The molecule has 1 aliphatic rings. The number of amides is 1. The number of hydrogen-bond donors (Lipinski definition) is 1. The largest absolute Gasteiger partial charge is 0.493 e. The third-order valence-corrected chi connectivity index (χ3v) is 3.95. The summed E-state index contributed by atoms with van der Waals surface area (Å²) in [7, 11) is 0. The predicted octanol–water partition coefficient (Wildman–Crippen LogP) is 3.38. The number of nitrogens with one attached hydrogen (secondary N) is 1. The fourth-order valence-electron chi connectivity index (χ4n) is 2.04. The standard InChI is InChI=1S/C14H11ClN2O4S/c15-8-1-2-9-11(7-8)20-5-3-10(12(9)18)21-14(19)17-13-16-4-6-22-13/h1-2,4,6-7,10H,3,5H2,(H,16,17,19). The van der Waals surface area contributed by atoms with Crippen molar-refractivity contribution in [2.24, 2.45) is 0 Å². The summed E-state index contributed by atoms with van der Waals surface area (Å²) >= 11 is 7.15. The third kappa shape index (κ3) is 3.20. The van der Waals surface area contributed by atoms with Crippen LogP contribution in [0.4, 0.5) is 9.93 Å². The Bertz CT molecular complexity index is 705. The Morgan fingerprint density at radius 2 is 2.36 bits per heavy atom. The van der Waals surface area contributed by atoms with Crippen LogP contribution in [0.1, 0.15) is 16.8 Å². The first-order valence-electron chi connectivity index (χ1n) is 6.47. The summed E-state index contributed by atoms with van der Waals surface area (Å²) < 4.78 is 10.7. The average Bonchev–Trinajstić information content (AvgIpc) is 2.93. The molecule has 3 rings (SSSR count). The van der Waals surface area contributed by atoms with Crippen molar-refractivity contribution >= 4 is 39.9 Å². The molecule has 1 N–H and O–H groups in total. The molecule has 1 unspecified atom stereocenters. The lowest BCUT2D eigenvalue weighted by Gasteiger charge is -2.13. The SMILES string of the molecule is O=C(Nc1nccs1)OC1CCOc2cc(Cl)ccc2C1=O. The van der Waals surface area contributed by atoms with Gasteiger partial charge in [-0.3, -0.25) is 10.1 Å². The highest BCUT2D eigenvalue weighted by Crippen LogP contribution is 2.28. The van der Waals surface area contributed by atoms with Crippen molar-refractivity contribution in [3.8, 4) is 5.75 Å². The van der Waals surface area contributed by atoms with Crippen LogP contribution >= 0.6 is 22.9 Å². The zero-order chi connectivity index (χ0) is 15.5. The van der Waals surface area contributed by atoms with Gasteiger partial charge in [0.2, 0.25) is 5.78 Å². The molecule has 1 aromatic carbocycles. The number of ether oxygens (including phenoxy) is 2. The predicted molar refractivity (Wildman–Crippen MR) is 81.9 cm³/mol. The Morgan fingerprint density at radius 1 is 1.50 bits per heavy atom. The second-order valence-corrected chi connectivity index (χ2v) is 5.83. The number of aromatic nitrogens is 1. The van der Waals surface area contributed by atoms with E-state index >= 15 is 0 Å². The zero-order valence-corrected chi connectivity index (χ0v) is 12.8. The summed E-state index contributed by atoms with van der Waals surface area (Å²) in [6, 6.07) is 4.74. The minimum Gasteiger partial charge on any atom is -0.493 e. The first-order valence-corrected chi connectivity index (χ1v) is 7.73.